The maximum Gasteiger partial charge on any atom is 0.260 e. The van der Waals surface area contributed by atoms with Crippen molar-refractivity contribution in [1.82, 2.24) is 19.6 Å². The number of hydrogen-bond acceptors (Lipinski definition) is 4. The second kappa shape index (κ2) is 10.6. The lowest BCUT2D eigenvalue weighted by molar-refractivity contribution is -0.138. The van der Waals surface area contributed by atoms with Crippen molar-refractivity contribution in [1.29, 1.82) is 0 Å². The Morgan fingerprint density at radius 3 is 2.29 bits per heavy atom. The number of aryl methyl sites for hydroxylation is 1. The Labute approximate surface area is 204 Å². The highest BCUT2D eigenvalue weighted by molar-refractivity contribution is 6.30. The van der Waals surface area contributed by atoms with Crippen LogP contribution in [0.25, 0.3) is 11.8 Å². The molecular weight excluding hydrogens is 452 g/mol. The van der Waals surface area contributed by atoms with Gasteiger partial charge >= 0.3 is 0 Å². The number of ether oxygens (including phenoxy) is 1. The summed E-state index contributed by atoms with van der Waals surface area (Å²) in [6.45, 7) is 5.81. The van der Waals surface area contributed by atoms with E-state index >= 15 is 0 Å². The fourth-order valence-electron chi connectivity index (χ4n) is 3.92. The first kappa shape index (κ1) is 23.6. The highest BCUT2D eigenvalue weighted by Gasteiger charge is 2.23. The molecule has 2 heterocycles. The van der Waals surface area contributed by atoms with Crippen molar-refractivity contribution in [2.24, 2.45) is 0 Å². The summed E-state index contributed by atoms with van der Waals surface area (Å²) in [5.74, 6) is 0.422. The van der Waals surface area contributed by atoms with Gasteiger partial charge in [0, 0.05) is 48.5 Å². The molecule has 1 aliphatic rings. The van der Waals surface area contributed by atoms with Gasteiger partial charge in [-0.25, -0.2) is 4.68 Å². The Morgan fingerprint density at radius 2 is 1.62 bits per heavy atom. The predicted octanol–water partition coefficient (Wildman–Crippen LogP) is 3.91. The molecule has 7 nitrogen and oxygen atoms in total. The standard InChI is InChI=1S/C26H27ClN4O3/c1-19-24(20(2)31(28-19)22-6-4-3-5-7-22)12-13-25(32)29-14-16-30(17-15-29)26(33)18-34-23-10-8-21(27)9-11-23/h3-13H,14-18H2,1-2H3/b13-12+. The third-order valence-corrected chi connectivity index (χ3v) is 6.11. The lowest BCUT2D eigenvalue weighted by Crippen LogP contribution is -2.51. The molecule has 1 aliphatic heterocycles. The highest BCUT2D eigenvalue weighted by atomic mass is 35.5. The van der Waals surface area contributed by atoms with Crippen molar-refractivity contribution in [3.63, 3.8) is 0 Å². The van der Waals surface area contributed by atoms with Gasteiger partial charge < -0.3 is 14.5 Å². The summed E-state index contributed by atoms with van der Waals surface area (Å²) < 4.78 is 7.43. The summed E-state index contributed by atoms with van der Waals surface area (Å²) >= 11 is 5.86. The third kappa shape index (κ3) is 5.48. The number of rotatable bonds is 6. The van der Waals surface area contributed by atoms with Crippen molar-refractivity contribution in [3.8, 4) is 11.4 Å². The quantitative estimate of drug-likeness (QED) is 0.504. The molecule has 2 aromatic carbocycles. The Hall–Kier alpha value is -3.58. The van der Waals surface area contributed by atoms with Gasteiger partial charge in [0.2, 0.25) is 5.91 Å². The Balaban J connectivity index is 1.30. The molecule has 0 saturated carbocycles. The highest BCUT2D eigenvalue weighted by Crippen LogP contribution is 2.19. The molecule has 2 amide bonds. The number of nitrogens with zero attached hydrogens (tertiary/aromatic N) is 4. The molecular formula is C26H27ClN4O3. The van der Waals surface area contributed by atoms with Crippen LogP contribution in [0.15, 0.2) is 60.7 Å². The summed E-state index contributed by atoms with van der Waals surface area (Å²) in [5.41, 5.74) is 3.76. The molecule has 1 fully saturated rings. The van der Waals surface area contributed by atoms with Gasteiger partial charge in [0.05, 0.1) is 11.4 Å². The molecule has 8 heteroatoms. The fourth-order valence-corrected chi connectivity index (χ4v) is 4.05. The van der Waals surface area contributed by atoms with Crippen LogP contribution < -0.4 is 4.74 Å². The van der Waals surface area contributed by atoms with Crippen LogP contribution in [-0.4, -0.2) is 64.2 Å². The SMILES string of the molecule is Cc1nn(-c2ccccc2)c(C)c1/C=C/C(=O)N1CCN(C(=O)COc2ccc(Cl)cc2)CC1. The van der Waals surface area contributed by atoms with E-state index in [1.807, 2.05) is 54.9 Å². The van der Waals surface area contributed by atoms with Crippen LogP contribution in [-0.2, 0) is 9.59 Å². The lowest BCUT2D eigenvalue weighted by atomic mass is 10.1. The number of carbonyl (C=O) groups is 2. The van der Waals surface area contributed by atoms with Crippen molar-refractivity contribution in [2.45, 2.75) is 13.8 Å². The van der Waals surface area contributed by atoms with Crippen LogP contribution in [0.1, 0.15) is 17.0 Å². The maximum atomic E-state index is 12.8. The van der Waals surface area contributed by atoms with E-state index in [9.17, 15) is 9.59 Å². The predicted molar refractivity (Wildman–Crippen MR) is 132 cm³/mol. The van der Waals surface area contributed by atoms with Crippen molar-refractivity contribution < 1.29 is 14.3 Å². The van der Waals surface area contributed by atoms with Crippen LogP contribution in [0.4, 0.5) is 0 Å². The lowest BCUT2D eigenvalue weighted by Gasteiger charge is -2.34. The smallest absolute Gasteiger partial charge is 0.260 e. The van der Waals surface area contributed by atoms with Gasteiger partial charge in [0.15, 0.2) is 6.61 Å². The van der Waals surface area contributed by atoms with Crippen LogP contribution in [0, 0.1) is 13.8 Å². The summed E-state index contributed by atoms with van der Waals surface area (Å²) in [4.78, 5) is 28.7. The molecule has 0 spiro atoms. The van der Waals surface area contributed by atoms with Crippen LogP contribution in [0.5, 0.6) is 5.75 Å². The van der Waals surface area contributed by atoms with E-state index in [2.05, 4.69) is 5.10 Å². The zero-order chi connectivity index (χ0) is 24.1. The Kier molecular flexibility index (Phi) is 7.33. The van der Waals surface area contributed by atoms with Gasteiger partial charge in [-0.1, -0.05) is 29.8 Å². The van der Waals surface area contributed by atoms with Gasteiger partial charge in [0.25, 0.3) is 5.91 Å². The molecule has 0 N–H and O–H groups in total. The molecule has 0 atom stereocenters. The average Bonchev–Trinajstić information content (AvgIpc) is 3.15. The first-order valence-corrected chi connectivity index (χ1v) is 11.5. The van der Waals surface area contributed by atoms with Gasteiger partial charge in [-0.2, -0.15) is 5.10 Å². The van der Waals surface area contributed by atoms with Gasteiger partial charge in [-0.05, 0) is 56.3 Å². The number of hydrogen-bond donors (Lipinski definition) is 0. The fraction of sp³-hybridized carbons (Fsp3) is 0.269. The summed E-state index contributed by atoms with van der Waals surface area (Å²) in [7, 11) is 0. The molecule has 1 saturated heterocycles. The van der Waals surface area contributed by atoms with E-state index in [4.69, 9.17) is 16.3 Å². The number of para-hydroxylation sites is 1. The molecule has 176 valence electrons. The van der Waals surface area contributed by atoms with Crippen molar-refractivity contribution in [2.75, 3.05) is 32.8 Å². The van der Waals surface area contributed by atoms with E-state index in [1.54, 1.807) is 40.1 Å². The average molecular weight is 479 g/mol. The number of piperazine rings is 1. The minimum absolute atomic E-state index is 0.0422. The first-order chi connectivity index (χ1) is 16.4. The molecule has 0 aliphatic carbocycles. The normalized spacial score (nSPS) is 14.0. The van der Waals surface area contributed by atoms with Gasteiger partial charge in [-0.15, -0.1) is 0 Å². The molecule has 3 aromatic rings. The van der Waals surface area contributed by atoms with E-state index in [1.165, 1.54) is 0 Å². The maximum absolute atomic E-state index is 12.8. The molecule has 1 aromatic heterocycles. The topological polar surface area (TPSA) is 67.7 Å². The van der Waals surface area contributed by atoms with Gasteiger partial charge in [-0.3, -0.25) is 9.59 Å². The minimum atomic E-state index is -0.0998. The van der Waals surface area contributed by atoms with E-state index < -0.39 is 0 Å². The molecule has 4 rings (SSSR count). The van der Waals surface area contributed by atoms with E-state index in [0.717, 1.165) is 22.6 Å². The number of aromatic nitrogens is 2. The van der Waals surface area contributed by atoms with E-state index in [0.29, 0.717) is 37.0 Å². The van der Waals surface area contributed by atoms with Crippen molar-refractivity contribution >= 4 is 29.5 Å². The number of amides is 2. The Morgan fingerprint density at radius 1 is 0.971 bits per heavy atom. The minimum Gasteiger partial charge on any atom is -0.484 e. The molecule has 0 bridgehead atoms. The van der Waals surface area contributed by atoms with E-state index in [-0.39, 0.29) is 18.4 Å². The second-order valence-electron chi connectivity index (χ2n) is 8.11. The first-order valence-electron chi connectivity index (χ1n) is 11.2. The molecule has 0 unspecified atom stereocenters. The zero-order valence-electron chi connectivity index (χ0n) is 19.3. The summed E-state index contributed by atoms with van der Waals surface area (Å²) in [6, 6.07) is 16.8. The van der Waals surface area contributed by atoms with Crippen LogP contribution >= 0.6 is 11.6 Å². The molecule has 34 heavy (non-hydrogen) atoms. The third-order valence-electron chi connectivity index (χ3n) is 5.86. The zero-order valence-corrected chi connectivity index (χ0v) is 20.0. The summed E-state index contributed by atoms with van der Waals surface area (Å²) in [6.07, 6.45) is 3.42. The number of halogens is 1. The number of carbonyl (C=O) groups excluding carboxylic acids is 2. The molecule has 0 radical (unpaired) electrons. The van der Waals surface area contributed by atoms with Crippen molar-refractivity contribution in [3.05, 3.63) is 82.6 Å². The summed E-state index contributed by atoms with van der Waals surface area (Å²) in [5, 5.41) is 5.24. The monoisotopic (exact) mass is 478 g/mol. The largest absolute Gasteiger partial charge is 0.484 e. The number of benzene rings is 2. The second-order valence-corrected chi connectivity index (χ2v) is 8.55. The van der Waals surface area contributed by atoms with Gasteiger partial charge in [0.1, 0.15) is 5.75 Å². The Bertz CT molecular complexity index is 1180. The van der Waals surface area contributed by atoms with Crippen LogP contribution in [0.2, 0.25) is 5.02 Å². The van der Waals surface area contributed by atoms with Crippen LogP contribution in [0.3, 0.4) is 0 Å².